The van der Waals surface area contributed by atoms with Gasteiger partial charge in [0.25, 0.3) is 0 Å². The molecule has 16 nitrogen and oxygen atoms in total. The molecule has 368 valence electrons. The molecular formula is C48H82N2O14. The second-order valence-electron chi connectivity index (χ2n) is 20.4. The van der Waals surface area contributed by atoms with E-state index in [1.165, 1.54) is 0 Å². The van der Waals surface area contributed by atoms with Crippen molar-refractivity contribution in [3.8, 4) is 0 Å². The van der Waals surface area contributed by atoms with Crippen LogP contribution in [0.4, 0.5) is 0 Å². The zero-order valence-electron chi connectivity index (χ0n) is 40.3. The Morgan fingerprint density at radius 2 is 1.16 bits per heavy atom. The van der Waals surface area contributed by atoms with Crippen LogP contribution in [0.3, 0.4) is 0 Å². The number of ether oxygens (including phenoxy) is 3. The van der Waals surface area contributed by atoms with Crippen molar-refractivity contribution in [3.63, 3.8) is 0 Å². The predicted molar refractivity (Wildman–Crippen MR) is 239 cm³/mol. The molecule has 0 aromatic carbocycles. The molecule has 4 fully saturated rings. The van der Waals surface area contributed by atoms with Gasteiger partial charge < -0.3 is 40.0 Å². The first-order valence-corrected chi connectivity index (χ1v) is 23.8. The first-order valence-electron chi connectivity index (χ1n) is 23.8. The fraction of sp³-hybridized carbons (Fsp3) is 0.854. The number of hydrogen-bond donors (Lipinski definition) is 6. The summed E-state index contributed by atoms with van der Waals surface area (Å²) in [4.78, 5) is 82.2. The maximum absolute atomic E-state index is 12.1. The zero-order valence-corrected chi connectivity index (χ0v) is 40.3. The highest BCUT2D eigenvalue weighted by Crippen LogP contribution is 2.51. The molecule has 0 radical (unpaired) electrons. The first kappa shape index (κ1) is 56.3. The second-order valence-corrected chi connectivity index (χ2v) is 20.4. The van der Waals surface area contributed by atoms with Gasteiger partial charge in [-0.15, -0.1) is 0 Å². The lowest BCUT2D eigenvalue weighted by atomic mass is 9.79. The molecule has 6 N–H and O–H groups in total. The third-order valence-electron chi connectivity index (χ3n) is 14.5. The van der Waals surface area contributed by atoms with Crippen LogP contribution in [0.2, 0.25) is 0 Å². The molecule has 6 atom stereocenters. The highest BCUT2D eigenvalue weighted by atomic mass is 16.6. The van der Waals surface area contributed by atoms with E-state index in [2.05, 4.69) is 10.6 Å². The molecule has 64 heavy (non-hydrogen) atoms. The minimum atomic E-state index is -1.07. The Morgan fingerprint density at radius 1 is 0.656 bits per heavy atom. The van der Waals surface area contributed by atoms with Crippen molar-refractivity contribution in [1.29, 1.82) is 0 Å². The van der Waals surface area contributed by atoms with Crippen molar-refractivity contribution in [2.24, 2.45) is 45.8 Å². The molecule has 0 heterocycles. The van der Waals surface area contributed by atoms with E-state index in [-0.39, 0.29) is 56.0 Å². The molecule has 4 saturated carbocycles. The number of esters is 3. The van der Waals surface area contributed by atoms with Crippen molar-refractivity contribution in [3.05, 3.63) is 0 Å². The minimum Gasteiger partial charge on any atom is -0.481 e. The van der Waals surface area contributed by atoms with Gasteiger partial charge in [-0.2, -0.15) is 0 Å². The van der Waals surface area contributed by atoms with E-state index in [9.17, 15) is 54.0 Å². The van der Waals surface area contributed by atoms with Crippen LogP contribution in [0.15, 0.2) is 0 Å². The molecule has 0 spiro atoms. The number of carboxylic acids is 3. The van der Waals surface area contributed by atoms with E-state index >= 15 is 0 Å². The summed E-state index contributed by atoms with van der Waals surface area (Å²) in [6, 6.07) is 0. The van der Waals surface area contributed by atoms with Crippen LogP contribution in [0.5, 0.6) is 0 Å². The normalized spacial score (nSPS) is 22.8. The number of carbonyl (C=O) groups excluding carboxylic acids is 4. The van der Waals surface area contributed by atoms with Gasteiger partial charge >= 0.3 is 35.8 Å². The number of rotatable bonds is 21. The highest BCUT2D eigenvalue weighted by Gasteiger charge is 2.55. The van der Waals surface area contributed by atoms with Crippen molar-refractivity contribution in [2.45, 2.75) is 189 Å². The van der Waals surface area contributed by atoms with Gasteiger partial charge in [-0.3, -0.25) is 34.1 Å². The fourth-order valence-electron chi connectivity index (χ4n) is 8.72. The fourth-order valence-corrected chi connectivity index (χ4v) is 8.72. The van der Waals surface area contributed by atoms with E-state index in [1.54, 1.807) is 41.5 Å². The maximum atomic E-state index is 12.1. The summed E-state index contributed by atoms with van der Waals surface area (Å²) in [7, 11) is 0. The van der Waals surface area contributed by atoms with E-state index in [1.807, 2.05) is 20.8 Å². The number of aliphatic carboxylic acids is 3. The standard InChI is InChI=1S/2C17H29NO5.C14H24O4/c1-4-16(2,3)15(22)23-10-13(19)9-18-17(14(20)21)8-11-5-6-12(17)7-11;1-4-17(2,3)16(22)23-11-10-18-14(19)13(15(20)21)12-8-6-5-7-9-12;1-4-14(2,3)13(17)18-11(12(15)16)10-8-6-5-7-9-10/h11-13,18-19H,4-10H2,1-3H3,(H,20,21);12-13H,4-11H2,1-3H3,(H,18,19)(H,20,21);10-11H,4-9H2,1-3H3,(H,15,16). The zero-order chi connectivity index (χ0) is 48.5. The van der Waals surface area contributed by atoms with Gasteiger partial charge in [-0.05, 0) is 124 Å². The van der Waals surface area contributed by atoms with E-state index in [0.717, 1.165) is 83.5 Å². The number of amides is 1. The third-order valence-corrected chi connectivity index (χ3v) is 14.5. The summed E-state index contributed by atoms with van der Waals surface area (Å²) >= 11 is 0. The predicted octanol–water partition coefficient (Wildman–Crippen LogP) is 6.92. The SMILES string of the molecule is CCC(C)(C)C(=O)OC(C(=O)O)C1CCCCC1.CCC(C)(C)C(=O)OCC(O)CNC1(C(=O)O)CC2CCC1C2.CCC(C)(C)C(=O)OCCNC(=O)C(C(=O)O)C1CCCCC1. The number of nitrogens with one attached hydrogen (secondary N) is 2. The van der Waals surface area contributed by atoms with E-state index in [4.69, 9.17) is 14.2 Å². The number of aliphatic hydroxyl groups excluding tert-OH is 1. The van der Waals surface area contributed by atoms with Gasteiger partial charge in [0.15, 0.2) is 0 Å². The monoisotopic (exact) mass is 911 g/mol. The Balaban J connectivity index is 0.000000333. The summed E-state index contributed by atoms with van der Waals surface area (Å²) < 4.78 is 15.6. The molecule has 0 aliphatic heterocycles. The molecule has 0 aromatic rings. The summed E-state index contributed by atoms with van der Waals surface area (Å²) in [5.41, 5.74) is -2.64. The topological polar surface area (TPSA) is 252 Å². The Hall–Kier alpha value is -3.79. The van der Waals surface area contributed by atoms with Crippen LogP contribution < -0.4 is 10.6 Å². The molecule has 16 heteroatoms. The van der Waals surface area contributed by atoms with Crippen molar-refractivity contribution in [2.75, 3.05) is 26.3 Å². The molecule has 0 aromatic heterocycles. The van der Waals surface area contributed by atoms with Crippen LogP contribution in [0.25, 0.3) is 0 Å². The van der Waals surface area contributed by atoms with Gasteiger partial charge in [0.1, 0.15) is 30.8 Å². The number of fused-ring (bicyclic) bond motifs is 2. The number of carboxylic acid groups (broad SMARTS) is 3. The molecular weight excluding hydrogens is 829 g/mol. The summed E-state index contributed by atoms with van der Waals surface area (Å²) in [6.07, 6.45) is 13.2. The van der Waals surface area contributed by atoms with Crippen LogP contribution in [-0.4, -0.2) is 106 Å². The average molecular weight is 911 g/mol. The van der Waals surface area contributed by atoms with Crippen molar-refractivity contribution < 1.29 is 68.2 Å². The average Bonchev–Trinajstić information content (AvgIpc) is 3.89. The number of aliphatic hydroxyl groups is 1. The van der Waals surface area contributed by atoms with Gasteiger partial charge in [-0.1, -0.05) is 65.7 Å². The van der Waals surface area contributed by atoms with E-state index < -0.39 is 69.7 Å². The van der Waals surface area contributed by atoms with Crippen molar-refractivity contribution >= 4 is 41.7 Å². The Kier molecular flexibility index (Phi) is 22.7. The lowest BCUT2D eigenvalue weighted by Gasteiger charge is -2.35. The Labute approximate surface area is 381 Å². The summed E-state index contributed by atoms with van der Waals surface area (Å²) in [6.45, 7) is 16.7. The van der Waals surface area contributed by atoms with Gasteiger partial charge in [0.05, 0.1) is 22.8 Å². The number of carbonyl (C=O) groups is 7. The molecule has 4 aliphatic rings. The van der Waals surface area contributed by atoms with Gasteiger partial charge in [0.2, 0.25) is 12.0 Å². The second kappa shape index (κ2) is 25.8. The lowest BCUT2D eigenvalue weighted by molar-refractivity contribution is -0.175. The maximum Gasteiger partial charge on any atom is 0.345 e. The third kappa shape index (κ3) is 16.6. The first-order chi connectivity index (χ1) is 29.9. The molecule has 6 unspecified atom stereocenters. The Bertz CT molecular complexity index is 1550. The van der Waals surface area contributed by atoms with Crippen molar-refractivity contribution in [1.82, 2.24) is 10.6 Å². The smallest absolute Gasteiger partial charge is 0.345 e. The molecule has 4 rings (SSSR count). The number of hydrogen-bond acceptors (Lipinski definition) is 12. The quantitative estimate of drug-likeness (QED) is 0.0296. The molecule has 0 saturated heterocycles. The highest BCUT2D eigenvalue weighted by molar-refractivity contribution is 5.97. The molecule has 2 bridgehead atoms. The van der Waals surface area contributed by atoms with Crippen LogP contribution >= 0.6 is 0 Å². The van der Waals surface area contributed by atoms with E-state index in [0.29, 0.717) is 31.6 Å². The van der Waals surface area contributed by atoms with Gasteiger partial charge in [0, 0.05) is 12.5 Å². The molecule has 1 amide bonds. The van der Waals surface area contributed by atoms with Crippen LogP contribution in [0, 0.1) is 45.8 Å². The number of β-amino-alcohol motifs (C(OH)–C–C–N with tert-alkyl or cyclic N) is 1. The largest absolute Gasteiger partial charge is 0.481 e. The summed E-state index contributed by atoms with van der Waals surface area (Å²) in [5, 5.41) is 43.9. The Morgan fingerprint density at radius 3 is 1.59 bits per heavy atom. The summed E-state index contributed by atoms with van der Waals surface area (Å²) in [5.74, 6) is -4.94. The van der Waals surface area contributed by atoms with Gasteiger partial charge in [-0.25, -0.2) is 4.79 Å². The van der Waals surface area contributed by atoms with Crippen LogP contribution in [-0.2, 0) is 47.8 Å². The molecule has 4 aliphatic carbocycles. The minimum absolute atomic E-state index is 0.0205. The van der Waals surface area contributed by atoms with Crippen LogP contribution in [0.1, 0.15) is 171 Å². The lowest BCUT2D eigenvalue weighted by Crippen LogP contribution is -2.57.